The molecule has 0 bridgehead atoms. The number of thioether (sulfide) groups is 1. The van der Waals surface area contributed by atoms with Gasteiger partial charge in [0.15, 0.2) is 0 Å². The molecule has 1 unspecified atom stereocenters. The second-order valence-electron chi connectivity index (χ2n) is 2.67. The van der Waals surface area contributed by atoms with Gasteiger partial charge in [-0.25, -0.2) is 0 Å². The highest BCUT2D eigenvalue weighted by Crippen LogP contribution is 2.14. The molecule has 3 nitrogen and oxygen atoms in total. The van der Waals surface area contributed by atoms with Gasteiger partial charge in [-0.3, -0.25) is 4.79 Å². The van der Waals surface area contributed by atoms with Crippen LogP contribution in [0.3, 0.4) is 0 Å². The lowest BCUT2D eigenvalue weighted by Gasteiger charge is -2.27. The molecule has 1 fully saturated rings. The molecule has 0 radical (unpaired) electrons. The summed E-state index contributed by atoms with van der Waals surface area (Å²) < 4.78 is 0. The van der Waals surface area contributed by atoms with E-state index in [4.69, 9.17) is 5.11 Å². The standard InChI is InChI=1S/C7H13NO2S/c1-6(9)7(10)8-3-2-4-11-5-8/h6,9H,2-5H2,1H3. The average Bonchev–Trinajstić information content (AvgIpc) is 2.05. The van der Waals surface area contributed by atoms with E-state index in [0.29, 0.717) is 0 Å². The molecule has 1 amide bonds. The molecule has 0 saturated carbocycles. The third kappa shape index (κ3) is 2.38. The van der Waals surface area contributed by atoms with Crippen molar-refractivity contribution in [2.75, 3.05) is 18.2 Å². The summed E-state index contributed by atoms with van der Waals surface area (Å²) in [7, 11) is 0. The lowest BCUT2D eigenvalue weighted by Crippen LogP contribution is -2.40. The minimum Gasteiger partial charge on any atom is -0.384 e. The van der Waals surface area contributed by atoms with Crippen molar-refractivity contribution in [3.63, 3.8) is 0 Å². The maximum Gasteiger partial charge on any atom is 0.251 e. The zero-order valence-electron chi connectivity index (χ0n) is 6.62. The molecule has 64 valence electrons. The Morgan fingerprint density at radius 1 is 1.73 bits per heavy atom. The van der Waals surface area contributed by atoms with Crippen molar-refractivity contribution in [1.82, 2.24) is 4.90 Å². The van der Waals surface area contributed by atoms with E-state index < -0.39 is 6.10 Å². The summed E-state index contributed by atoms with van der Waals surface area (Å²) in [5, 5.41) is 8.97. The van der Waals surface area contributed by atoms with Crippen LogP contribution in [-0.2, 0) is 4.79 Å². The molecule has 0 aromatic rings. The van der Waals surface area contributed by atoms with Crippen molar-refractivity contribution in [1.29, 1.82) is 0 Å². The van der Waals surface area contributed by atoms with Crippen molar-refractivity contribution in [2.45, 2.75) is 19.4 Å². The van der Waals surface area contributed by atoms with E-state index in [2.05, 4.69) is 0 Å². The third-order valence-electron chi connectivity index (χ3n) is 1.63. The third-order valence-corrected chi connectivity index (χ3v) is 2.70. The van der Waals surface area contributed by atoms with Crippen LogP contribution in [0.2, 0.25) is 0 Å². The van der Waals surface area contributed by atoms with Crippen LogP contribution in [0.5, 0.6) is 0 Å². The lowest BCUT2D eigenvalue weighted by atomic mass is 10.3. The number of hydrogen-bond acceptors (Lipinski definition) is 3. The Balaban J connectivity index is 2.39. The summed E-state index contributed by atoms with van der Waals surface area (Å²) in [4.78, 5) is 12.9. The van der Waals surface area contributed by atoms with Gasteiger partial charge in [-0.15, -0.1) is 11.8 Å². The Morgan fingerprint density at radius 3 is 2.91 bits per heavy atom. The van der Waals surface area contributed by atoms with Crippen LogP contribution in [0.25, 0.3) is 0 Å². The van der Waals surface area contributed by atoms with Crippen LogP contribution in [0, 0.1) is 0 Å². The summed E-state index contributed by atoms with van der Waals surface area (Å²) in [5.41, 5.74) is 0. The smallest absolute Gasteiger partial charge is 0.251 e. The Bertz CT molecular complexity index is 143. The first-order valence-electron chi connectivity index (χ1n) is 3.76. The van der Waals surface area contributed by atoms with Crippen molar-refractivity contribution < 1.29 is 9.90 Å². The van der Waals surface area contributed by atoms with Crippen LogP contribution in [0.4, 0.5) is 0 Å². The molecule has 0 aliphatic carbocycles. The Hall–Kier alpha value is -0.220. The molecule has 1 atom stereocenters. The Morgan fingerprint density at radius 2 is 2.45 bits per heavy atom. The number of rotatable bonds is 1. The normalized spacial score (nSPS) is 21.5. The molecule has 4 heteroatoms. The van der Waals surface area contributed by atoms with E-state index in [-0.39, 0.29) is 5.91 Å². The van der Waals surface area contributed by atoms with E-state index in [9.17, 15) is 4.79 Å². The van der Waals surface area contributed by atoms with Crippen molar-refractivity contribution >= 4 is 17.7 Å². The van der Waals surface area contributed by atoms with Gasteiger partial charge in [0.2, 0.25) is 0 Å². The highest BCUT2D eigenvalue weighted by Gasteiger charge is 2.19. The molecule has 1 aliphatic heterocycles. The SMILES string of the molecule is CC(O)C(=O)N1CCCSC1. The van der Waals surface area contributed by atoms with Crippen LogP contribution < -0.4 is 0 Å². The molecule has 1 rings (SSSR count). The van der Waals surface area contributed by atoms with Gasteiger partial charge in [-0.2, -0.15) is 0 Å². The highest BCUT2D eigenvalue weighted by molar-refractivity contribution is 7.99. The molecular weight excluding hydrogens is 162 g/mol. The largest absolute Gasteiger partial charge is 0.384 e. The van der Waals surface area contributed by atoms with Gasteiger partial charge in [0.1, 0.15) is 6.10 Å². The van der Waals surface area contributed by atoms with Gasteiger partial charge >= 0.3 is 0 Å². The molecular formula is C7H13NO2S. The molecule has 1 heterocycles. The summed E-state index contributed by atoms with van der Waals surface area (Å²) in [6.07, 6.45) is 0.206. The number of aliphatic hydroxyl groups excluding tert-OH is 1. The van der Waals surface area contributed by atoms with Crippen LogP contribution in [-0.4, -0.2) is 40.2 Å². The second-order valence-corrected chi connectivity index (χ2v) is 3.74. The number of carbonyl (C=O) groups is 1. The van der Waals surface area contributed by atoms with Crippen molar-refractivity contribution in [3.8, 4) is 0 Å². The van der Waals surface area contributed by atoms with Gasteiger partial charge < -0.3 is 10.0 Å². The number of carbonyl (C=O) groups excluding carboxylic acids is 1. The summed E-state index contributed by atoms with van der Waals surface area (Å²) in [6.45, 7) is 2.32. The Kier molecular flexibility index (Phi) is 3.20. The van der Waals surface area contributed by atoms with E-state index in [1.54, 1.807) is 16.7 Å². The zero-order chi connectivity index (χ0) is 8.27. The predicted molar refractivity (Wildman–Crippen MR) is 45.3 cm³/mol. The minimum atomic E-state index is -0.839. The summed E-state index contributed by atoms with van der Waals surface area (Å²) in [5.74, 6) is 1.73. The van der Waals surface area contributed by atoms with Gasteiger partial charge in [0.05, 0.1) is 5.88 Å². The average molecular weight is 175 g/mol. The molecule has 0 aromatic heterocycles. The first-order chi connectivity index (χ1) is 5.22. The number of hydrogen-bond donors (Lipinski definition) is 1. The monoisotopic (exact) mass is 175 g/mol. The maximum absolute atomic E-state index is 11.2. The van der Waals surface area contributed by atoms with Gasteiger partial charge in [0, 0.05) is 6.54 Å². The van der Waals surface area contributed by atoms with Crippen molar-refractivity contribution in [3.05, 3.63) is 0 Å². The van der Waals surface area contributed by atoms with Gasteiger partial charge in [0.25, 0.3) is 5.91 Å². The summed E-state index contributed by atoms with van der Waals surface area (Å²) in [6, 6.07) is 0. The van der Waals surface area contributed by atoms with E-state index >= 15 is 0 Å². The molecule has 0 spiro atoms. The quantitative estimate of drug-likeness (QED) is 0.622. The fraction of sp³-hybridized carbons (Fsp3) is 0.857. The maximum atomic E-state index is 11.2. The minimum absolute atomic E-state index is 0.141. The number of nitrogens with zero attached hydrogens (tertiary/aromatic N) is 1. The van der Waals surface area contributed by atoms with E-state index in [1.807, 2.05) is 0 Å². The molecule has 1 N–H and O–H groups in total. The first-order valence-corrected chi connectivity index (χ1v) is 4.92. The predicted octanol–water partition coefficient (Wildman–Crippen LogP) is 0.290. The van der Waals surface area contributed by atoms with E-state index in [1.165, 1.54) is 6.92 Å². The van der Waals surface area contributed by atoms with E-state index in [0.717, 1.165) is 24.6 Å². The molecule has 1 aliphatic rings. The van der Waals surface area contributed by atoms with Gasteiger partial charge in [-0.05, 0) is 19.1 Å². The lowest BCUT2D eigenvalue weighted by molar-refractivity contribution is -0.138. The first kappa shape index (κ1) is 8.87. The fourth-order valence-corrected chi connectivity index (χ4v) is 1.97. The van der Waals surface area contributed by atoms with Crippen LogP contribution in [0.15, 0.2) is 0 Å². The number of amides is 1. The highest BCUT2D eigenvalue weighted by atomic mass is 32.2. The van der Waals surface area contributed by atoms with Crippen LogP contribution in [0.1, 0.15) is 13.3 Å². The van der Waals surface area contributed by atoms with Crippen LogP contribution >= 0.6 is 11.8 Å². The molecule has 11 heavy (non-hydrogen) atoms. The molecule has 1 saturated heterocycles. The van der Waals surface area contributed by atoms with Gasteiger partial charge in [-0.1, -0.05) is 0 Å². The topological polar surface area (TPSA) is 40.5 Å². The fourth-order valence-electron chi connectivity index (χ4n) is 1.03. The number of aliphatic hydroxyl groups is 1. The summed E-state index contributed by atoms with van der Waals surface area (Å²) >= 11 is 1.74. The second kappa shape index (κ2) is 3.97. The Labute approximate surface area is 70.8 Å². The van der Waals surface area contributed by atoms with Crippen molar-refractivity contribution in [2.24, 2.45) is 0 Å². The molecule has 0 aromatic carbocycles. The zero-order valence-corrected chi connectivity index (χ0v) is 7.43.